The number of nitrogens with zero attached hydrogens (tertiary/aromatic N) is 3. The van der Waals surface area contributed by atoms with E-state index in [1.807, 2.05) is 32.0 Å². The Morgan fingerprint density at radius 1 is 1.38 bits per heavy atom. The Bertz CT molecular complexity index is 627. The first-order valence-electron chi connectivity index (χ1n) is 6.59. The minimum Gasteiger partial charge on any atom is -0.342 e. The number of rotatable bonds is 5. The summed E-state index contributed by atoms with van der Waals surface area (Å²) in [6, 6.07) is 6.52. The maximum absolute atomic E-state index is 12.4. The second kappa shape index (κ2) is 6.43. The molecule has 1 atom stereocenters. The highest BCUT2D eigenvalue weighted by atomic mass is 19.3. The van der Waals surface area contributed by atoms with E-state index in [0.29, 0.717) is 11.1 Å². The lowest BCUT2D eigenvalue weighted by Gasteiger charge is -2.16. The molecule has 1 N–H and O–H groups in total. The van der Waals surface area contributed by atoms with Gasteiger partial charge in [0.25, 0.3) is 5.91 Å². The van der Waals surface area contributed by atoms with Gasteiger partial charge in [-0.3, -0.25) is 9.78 Å². The molecule has 0 aliphatic carbocycles. The van der Waals surface area contributed by atoms with Gasteiger partial charge >= 0.3 is 6.55 Å². The summed E-state index contributed by atoms with van der Waals surface area (Å²) in [5.74, 6) is -0.496. The molecule has 1 unspecified atom stereocenters. The molecule has 112 valence electrons. The minimum atomic E-state index is -2.76. The number of pyridine rings is 1. The van der Waals surface area contributed by atoms with E-state index >= 15 is 0 Å². The number of amides is 1. The fourth-order valence-corrected chi connectivity index (χ4v) is 1.94. The van der Waals surface area contributed by atoms with Crippen molar-refractivity contribution in [3.05, 3.63) is 47.5 Å². The van der Waals surface area contributed by atoms with E-state index in [4.69, 9.17) is 0 Å². The summed E-state index contributed by atoms with van der Waals surface area (Å²) in [6.07, 6.45) is 1.71. The fourth-order valence-electron chi connectivity index (χ4n) is 1.94. The second-order valence-electron chi connectivity index (χ2n) is 4.60. The standard InChI is InChI=1S/C14H16F2N4O/c1-3-10(11-6-4-5-9(2)17-11)18-13(21)12-7-8-20(19-12)14(15)16/h4-8,10,14H,3H2,1-2H3,(H,18,21). The highest BCUT2D eigenvalue weighted by Crippen LogP contribution is 2.16. The van der Waals surface area contributed by atoms with Gasteiger partial charge < -0.3 is 5.32 Å². The number of hydrogen-bond acceptors (Lipinski definition) is 3. The lowest BCUT2D eigenvalue weighted by Crippen LogP contribution is -2.29. The zero-order valence-corrected chi connectivity index (χ0v) is 11.8. The topological polar surface area (TPSA) is 59.8 Å². The van der Waals surface area contributed by atoms with Crippen LogP contribution in [-0.4, -0.2) is 20.7 Å². The summed E-state index contributed by atoms with van der Waals surface area (Å²) in [5, 5.41) is 6.30. The van der Waals surface area contributed by atoms with E-state index in [-0.39, 0.29) is 11.7 Å². The van der Waals surface area contributed by atoms with Gasteiger partial charge in [0.05, 0.1) is 11.7 Å². The summed E-state index contributed by atoms with van der Waals surface area (Å²) in [4.78, 5) is 16.4. The number of aryl methyl sites for hydroxylation is 1. The summed E-state index contributed by atoms with van der Waals surface area (Å²) in [7, 11) is 0. The Balaban J connectivity index is 2.12. The number of alkyl halides is 2. The lowest BCUT2D eigenvalue weighted by molar-refractivity contribution is 0.0559. The first-order valence-corrected chi connectivity index (χ1v) is 6.59. The van der Waals surface area contributed by atoms with Gasteiger partial charge in [0.15, 0.2) is 0 Å². The van der Waals surface area contributed by atoms with Crippen molar-refractivity contribution in [1.29, 1.82) is 0 Å². The zero-order chi connectivity index (χ0) is 15.4. The van der Waals surface area contributed by atoms with E-state index in [9.17, 15) is 13.6 Å². The third-order valence-electron chi connectivity index (χ3n) is 3.02. The van der Waals surface area contributed by atoms with Crippen LogP contribution in [0.15, 0.2) is 30.5 Å². The molecule has 0 saturated heterocycles. The smallest absolute Gasteiger partial charge is 0.333 e. The quantitative estimate of drug-likeness (QED) is 0.922. The van der Waals surface area contributed by atoms with Gasteiger partial charge in [-0.1, -0.05) is 13.0 Å². The summed E-state index contributed by atoms with van der Waals surface area (Å²) in [5.41, 5.74) is 1.54. The van der Waals surface area contributed by atoms with Crippen molar-refractivity contribution in [3.8, 4) is 0 Å². The van der Waals surface area contributed by atoms with E-state index < -0.39 is 12.5 Å². The van der Waals surface area contributed by atoms with Gasteiger partial charge in [0.1, 0.15) is 5.69 Å². The molecule has 2 heterocycles. The summed E-state index contributed by atoms with van der Waals surface area (Å²) < 4.78 is 25.3. The number of nitrogens with one attached hydrogen (secondary N) is 1. The van der Waals surface area contributed by atoms with Gasteiger partial charge in [-0.05, 0) is 31.5 Å². The largest absolute Gasteiger partial charge is 0.342 e. The SMILES string of the molecule is CCC(NC(=O)c1ccn(C(F)F)n1)c1cccc(C)n1. The van der Waals surface area contributed by atoms with Crippen molar-refractivity contribution in [2.45, 2.75) is 32.9 Å². The van der Waals surface area contributed by atoms with Crippen LogP contribution in [0.5, 0.6) is 0 Å². The molecule has 1 amide bonds. The van der Waals surface area contributed by atoms with Crippen LogP contribution in [0.4, 0.5) is 8.78 Å². The maximum atomic E-state index is 12.4. The molecule has 21 heavy (non-hydrogen) atoms. The third-order valence-corrected chi connectivity index (χ3v) is 3.02. The van der Waals surface area contributed by atoms with Gasteiger partial charge in [0, 0.05) is 11.9 Å². The van der Waals surface area contributed by atoms with Crippen molar-refractivity contribution in [2.75, 3.05) is 0 Å². The van der Waals surface area contributed by atoms with Gasteiger partial charge in [-0.25, -0.2) is 4.68 Å². The number of carbonyl (C=O) groups is 1. The van der Waals surface area contributed by atoms with E-state index in [2.05, 4.69) is 15.4 Å². The summed E-state index contributed by atoms with van der Waals surface area (Å²) >= 11 is 0. The third kappa shape index (κ3) is 3.62. The van der Waals surface area contributed by atoms with Crippen LogP contribution >= 0.6 is 0 Å². The molecule has 2 aromatic rings. The van der Waals surface area contributed by atoms with Crippen LogP contribution in [0.2, 0.25) is 0 Å². The Hall–Kier alpha value is -2.31. The van der Waals surface area contributed by atoms with Crippen LogP contribution < -0.4 is 5.32 Å². The van der Waals surface area contributed by atoms with Gasteiger partial charge in [-0.15, -0.1) is 0 Å². The molecule has 7 heteroatoms. The molecule has 0 fully saturated rings. The number of carbonyl (C=O) groups excluding carboxylic acids is 1. The first kappa shape index (κ1) is 15.1. The number of hydrogen-bond donors (Lipinski definition) is 1. The Kier molecular flexibility index (Phi) is 4.62. The molecule has 5 nitrogen and oxygen atoms in total. The number of halogens is 2. The molecule has 0 aliphatic heterocycles. The summed E-state index contributed by atoms with van der Waals surface area (Å²) in [6.45, 7) is 1.02. The van der Waals surface area contributed by atoms with Crippen LogP contribution in [-0.2, 0) is 0 Å². The predicted octanol–water partition coefficient (Wildman–Crippen LogP) is 2.86. The molecule has 0 aromatic carbocycles. The fraction of sp³-hybridized carbons (Fsp3) is 0.357. The second-order valence-corrected chi connectivity index (χ2v) is 4.60. The molecule has 2 rings (SSSR count). The molecule has 0 saturated carbocycles. The van der Waals surface area contributed by atoms with Crippen molar-refractivity contribution in [2.24, 2.45) is 0 Å². The molecule has 0 radical (unpaired) electrons. The molecule has 0 bridgehead atoms. The average Bonchev–Trinajstić information content (AvgIpc) is 2.94. The molecule has 0 aliphatic rings. The van der Waals surface area contributed by atoms with E-state index in [0.717, 1.165) is 17.6 Å². The van der Waals surface area contributed by atoms with E-state index in [1.165, 1.54) is 6.07 Å². The van der Waals surface area contributed by atoms with Crippen molar-refractivity contribution in [1.82, 2.24) is 20.1 Å². The average molecular weight is 294 g/mol. The van der Waals surface area contributed by atoms with Crippen molar-refractivity contribution in [3.63, 3.8) is 0 Å². The van der Waals surface area contributed by atoms with Crippen LogP contribution in [0.25, 0.3) is 0 Å². The molecule has 0 spiro atoms. The Morgan fingerprint density at radius 3 is 2.71 bits per heavy atom. The number of aromatic nitrogens is 3. The Morgan fingerprint density at radius 2 is 2.14 bits per heavy atom. The predicted molar refractivity (Wildman–Crippen MR) is 73.0 cm³/mol. The monoisotopic (exact) mass is 294 g/mol. The van der Waals surface area contributed by atoms with Gasteiger partial charge in [-0.2, -0.15) is 13.9 Å². The van der Waals surface area contributed by atoms with Crippen LogP contribution in [0.3, 0.4) is 0 Å². The zero-order valence-electron chi connectivity index (χ0n) is 11.8. The normalized spacial score (nSPS) is 12.4. The molecule has 2 aromatic heterocycles. The lowest BCUT2D eigenvalue weighted by atomic mass is 10.1. The Labute approximate surface area is 121 Å². The highest BCUT2D eigenvalue weighted by molar-refractivity contribution is 5.92. The molecular formula is C14H16F2N4O. The van der Waals surface area contributed by atoms with Crippen molar-refractivity contribution < 1.29 is 13.6 Å². The van der Waals surface area contributed by atoms with Crippen LogP contribution in [0, 0.1) is 6.92 Å². The van der Waals surface area contributed by atoms with E-state index in [1.54, 1.807) is 0 Å². The van der Waals surface area contributed by atoms with Crippen molar-refractivity contribution >= 4 is 5.91 Å². The molecular weight excluding hydrogens is 278 g/mol. The highest BCUT2D eigenvalue weighted by Gasteiger charge is 2.18. The van der Waals surface area contributed by atoms with Crippen LogP contribution in [0.1, 0.15) is 47.8 Å². The minimum absolute atomic E-state index is 0.0404. The first-order chi connectivity index (χ1) is 10.0. The van der Waals surface area contributed by atoms with Gasteiger partial charge in [0.2, 0.25) is 0 Å². The maximum Gasteiger partial charge on any atom is 0.333 e.